The molecule has 1 amide bonds. The lowest BCUT2D eigenvalue weighted by Crippen LogP contribution is -2.28. The number of aromatic amines is 1. The summed E-state index contributed by atoms with van der Waals surface area (Å²) in [6, 6.07) is 6.16. The molecule has 2 N–H and O–H groups in total. The number of para-hydroxylation sites is 1. The predicted octanol–water partition coefficient (Wildman–Crippen LogP) is 1.69. The number of rotatable bonds is 2. The molecule has 0 saturated carbocycles. The standard InChI is InChI=1S/C13H13FN4O/c14-9-3-1-2-4-10(9)15-13(19)8-5-6-11-12(7-8)17-18-16-11/h1-4,8H,5-7H2,(H,15,19)(H,16,17,18). The third-order valence-electron chi connectivity index (χ3n) is 3.37. The van der Waals surface area contributed by atoms with Crippen molar-refractivity contribution in [2.24, 2.45) is 5.92 Å². The van der Waals surface area contributed by atoms with Crippen molar-refractivity contribution in [2.45, 2.75) is 19.3 Å². The molecule has 0 fully saturated rings. The number of H-pyrrole nitrogens is 1. The number of nitrogens with one attached hydrogen (secondary N) is 2. The van der Waals surface area contributed by atoms with Crippen molar-refractivity contribution in [1.82, 2.24) is 15.4 Å². The minimum Gasteiger partial charge on any atom is -0.323 e. The molecule has 1 heterocycles. The molecule has 1 aromatic heterocycles. The Morgan fingerprint density at radius 2 is 2.11 bits per heavy atom. The molecular formula is C13H13FN4O. The van der Waals surface area contributed by atoms with Gasteiger partial charge in [0.2, 0.25) is 5.91 Å². The third-order valence-corrected chi connectivity index (χ3v) is 3.37. The van der Waals surface area contributed by atoms with E-state index in [4.69, 9.17) is 0 Å². The maximum atomic E-state index is 13.5. The number of nitrogens with zero attached hydrogens (tertiary/aromatic N) is 2. The van der Waals surface area contributed by atoms with Gasteiger partial charge in [0.25, 0.3) is 0 Å². The van der Waals surface area contributed by atoms with E-state index in [2.05, 4.69) is 20.7 Å². The normalized spacial score (nSPS) is 17.8. The average Bonchev–Trinajstić information content (AvgIpc) is 2.88. The fraction of sp³-hybridized carbons (Fsp3) is 0.308. The maximum absolute atomic E-state index is 13.5. The molecule has 1 aliphatic rings. The first-order chi connectivity index (χ1) is 9.24. The summed E-state index contributed by atoms with van der Waals surface area (Å²) in [4.78, 5) is 12.1. The van der Waals surface area contributed by atoms with Gasteiger partial charge in [-0.05, 0) is 25.0 Å². The minimum absolute atomic E-state index is 0.168. The highest BCUT2D eigenvalue weighted by Gasteiger charge is 2.27. The smallest absolute Gasteiger partial charge is 0.227 e. The van der Waals surface area contributed by atoms with E-state index in [9.17, 15) is 9.18 Å². The highest BCUT2D eigenvalue weighted by atomic mass is 19.1. The van der Waals surface area contributed by atoms with Crippen LogP contribution in [-0.4, -0.2) is 21.3 Å². The molecule has 0 radical (unpaired) electrons. The second-order valence-corrected chi connectivity index (χ2v) is 4.63. The van der Waals surface area contributed by atoms with E-state index >= 15 is 0 Å². The third kappa shape index (κ3) is 2.33. The van der Waals surface area contributed by atoms with Gasteiger partial charge in [0.1, 0.15) is 5.82 Å². The van der Waals surface area contributed by atoms with E-state index in [1.165, 1.54) is 6.07 Å². The zero-order valence-electron chi connectivity index (χ0n) is 10.2. The predicted molar refractivity (Wildman–Crippen MR) is 66.9 cm³/mol. The molecule has 1 unspecified atom stereocenters. The number of hydrogen-bond acceptors (Lipinski definition) is 3. The van der Waals surface area contributed by atoms with Crippen LogP contribution in [0.4, 0.5) is 10.1 Å². The first-order valence-corrected chi connectivity index (χ1v) is 6.18. The van der Waals surface area contributed by atoms with Gasteiger partial charge < -0.3 is 5.32 Å². The van der Waals surface area contributed by atoms with Crippen molar-refractivity contribution in [1.29, 1.82) is 0 Å². The number of carbonyl (C=O) groups is 1. The van der Waals surface area contributed by atoms with Crippen LogP contribution in [0.3, 0.4) is 0 Å². The summed E-state index contributed by atoms with van der Waals surface area (Å²) >= 11 is 0. The number of anilines is 1. The Balaban J connectivity index is 1.71. The van der Waals surface area contributed by atoms with Gasteiger partial charge in [-0.2, -0.15) is 15.4 Å². The number of aromatic nitrogens is 3. The zero-order valence-corrected chi connectivity index (χ0v) is 10.2. The lowest BCUT2D eigenvalue weighted by atomic mass is 9.89. The molecule has 0 aliphatic heterocycles. The van der Waals surface area contributed by atoms with Gasteiger partial charge in [-0.3, -0.25) is 4.79 Å². The quantitative estimate of drug-likeness (QED) is 0.863. The monoisotopic (exact) mass is 260 g/mol. The van der Waals surface area contributed by atoms with Gasteiger partial charge in [-0.25, -0.2) is 4.39 Å². The summed E-state index contributed by atoms with van der Waals surface area (Å²) in [6.45, 7) is 0. The molecule has 19 heavy (non-hydrogen) atoms. The lowest BCUT2D eigenvalue weighted by molar-refractivity contribution is -0.120. The first kappa shape index (κ1) is 11.8. The number of fused-ring (bicyclic) bond motifs is 1. The summed E-state index contributed by atoms with van der Waals surface area (Å²) in [5.74, 6) is -0.773. The van der Waals surface area contributed by atoms with Crippen LogP contribution < -0.4 is 5.32 Å². The Morgan fingerprint density at radius 1 is 1.32 bits per heavy atom. The summed E-state index contributed by atoms with van der Waals surface area (Å²) in [7, 11) is 0. The molecule has 1 atom stereocenters. The average molecular weight is 260 g/mol. The van der Waals surface area contributed by atoms with Crippen molar-refractivity contribution in [2.75, 3.05) is 5.32 Å². The first-order valence-electron chi connectivity index (χ1n) is 6.18. The molecule has 5 nitrogen and oxygen atoms in total. The van der Waals surface area contributed by atoms with E-state index in [0.717, 1.165) is 17.8 Å². The molecule has 0 spiro atoms. The van der Waals surface area contributed by atoms with E-state index in [1.54, 1.807) is 18.2 Å². The van der Waals surface area contributed by atoms with Crippen LogP contribution >= 0.6 is 0 Å². The summed E-state index contributed by atoms with van der Waals surface area (Å²) in [5, 5.41) is 13.2. The second-order valence-electron chi connectivity index (χ2n) is 4.63. The van der Waals surface area contributed by atoms with E-state index < -0.39 is 5.82 Å². The van der Waals surface area contributed by atoms with E-state index in [1.807, 2.05) is 0 Å². The number of hydrogen-bond donors (Lipinski definition) is 2. The largest absolute Gasteiger partial charge is 0.323 e. The highest BCUT2D eigenvalue weighted by Crippen LogP contribution is 2.24. The Kier molecular flexibility index (Phi) is 2.98. The number of carbonyl (C=O) groups excluding carboxylic acids is 1. The van der Waals surface area contributed by atoms with Crippen molar-refractivity contribution in [3.05, 3.63) is 41.5 Å². The molecular weight excluding hydrogens is 247 g/mol. The second kappa shape index (κ2) is 4.79. The fourth-order valence-corrected chi connectivity index (χ4v) is 2.31. The highest BCUT2D eigenvalue weighted by molar-refractivity contribution is 5.92. The maximum Gasteiger partial charge on any atom is 0.227 e. The van der Waals surface area contributed by atoms with Crippen molar-refractivity contribution in [3.8, 4) is 0 Å². The molecule has 3 rings (SSSR count). The van der Waals surface area contributed by atoms with Crippen molar-refractivity contribution >= 4 is 11.6 Å². The molecule has 2 aromatic rings. The van der Waals surface area contributed by atoms with Crippen LogP contribution in [0.5, 0.6) is 0 Å². The Bertz CT molecular complexity index is 610. The number of halogens is 1. The van der Waals surface area contributed by atoms with Crippen LogP contribution in [0.15, 0.2) is 24.3 Å². The number of aryl methyl sites for hydroxylation is 1. The van der Waals surface area contributed by atoms with Gasteiger partial charge in [0.15, 0.2) is 0 Å². The van der Waals surface area contributed by atoms with Gasteiger partial charge >= 0.3 is 0 Å². The van der Waals surface area contributed by atoms with Gasteiger partial charge in [0.05, 0.1) is 17.1 Å². The van der Waals surface area contributed by atoms with Crippen LogP contribution in [0, 0.1) is 11.7 Å². The van der Waals surface area contributed by atoms with Crippen LogP contribution in [0.25, 0.3) is 0 Å². The molecule has 1 aliphatic carbocycles. The van der Waals surface area contributed by atoms with E-state index in [0.29, 0.717) is 12.8 Å². The van der Waals surface area contributed by atoms with Crippen LogP contribution in [0.1, 0.15) is 17.8 Å². The molecule has 6 heteroatoms. The number of amides is 1. The zero-order chi connectivity index (χ0) is 13.2. The fourth-order valence-electron chi connectivity index (χ4n) is 2.31. The molecule has 1 aromatic carbocycles. The van der Waals surface area contributed by atoms with Crippen molar-refractivity contribution < 1.29 is 9.18 Å². The summed E-state index contributed by atoms with van der Waals surface area (Å²) in [6.07, 6.45) is 1.98. The molecule has 0 saturated heterocycles. The Labute approximate surface area is 109 Å². The Morgan fingerprint density at radius 3 is 2.95 bits per heavy atom. The SMILES string of the molecule is O=C(Nc1ccccc1F)C1CCc2n[nH]nc2C1. The summed E-state index contributed by atoms with van der Waals surface area (Å²) < 4.78 is 13.5. The van der Waals surface area contributed by atoms with Gasteiger partial charge in [0, 0.05) is 12.3 Å². The van der Waals surface area contributed by atoms with Crippen molar-refractivity contribution in [3.63, 3.8) is 0 Å². The summed E-state index contributed by atoms with van der Waals surface area (Å²) in [5.41, 5.74) is 1.98. The molecule has 98 valence electrons. The number of benzene rings is 1. The topological polar surface area (TPSA) is 70.7 Å². The van der Waals surface area contributed by atoms with Crippen LogP contribution in [-0.2, 0) is 17.6 Å². The van der Waals surface area contributed by atoms with Gasteiger partial charge in [-0.1, -0.05) is 12.1 Å². The lowest BCUT2D eigenvalue weighted by Gasteiger charge is -2.19. The van der Waals surface area contributed by atoms with Crippen LogP contribution in [0.2, 0.25) is 0 Å². The molecule has 0 bridgehead atoms. The Hall–Kier alpha value is -2.24. The minimum atomic E-state index is -0.422. The van der Waals surface area contributed by atoms with E-state index in [-0.39, 0.29) is 17.5 Å². The van der Waals surface area contributed by atoms with Gasteiger partial charge in [-0.15, -0.1) is 0 Å².